The maximum absolute atomic E-state index is 13.2. The molecule has 0 radical (unpaired) electrons. The summed E-state index contributed by atoms with van der Waals surface area (Å²) in [6.07, 6.45) is 4.22. The molecule has 242 valence electrons. The molecule has 0 bridgehead atoms. The highest BCUT2D eigenvalue weighted by molar-refractivity contribution is 7.90. The SMILES string of the molecule is C=CCOC(=O)N(CC=C)CC(N[S+]([O-])C(C)(C)C)c1ncc(C(CO[Si](C)(C)C(C)(C)C)O[Si](C)(C)C(C)(C)C)s1. The lowest BCUT2D eigenvalue weighted by Gasteiger charge is -2.41. The zero-order valence-electron chi connectivity index (χ0n) is 28.4. The fraction of sp³-hybridized carbons (Fsp3) is 0.733. The number of nitrogens with zero attached hydrogens (tertiary/aromatic N) is 2. The molecule has 1 rings (SSSR count). The summed E-state index contributed by atoms with van der Waals surface area (Å²) in [6.45, 7) is 36.5. The van der Waals surface area contributed by atoms with E-state index in [1.165, 1.54) is 22.3 Å². The lowest BCUT2D eigenvalue weighted by molar-refractivity contribution is 0.110. The maximum Gasteiger partial charge on any atom is 0.410 e. The van der Waals surface area contributed by atoms with E-state index in [1.807, 2.05) is 27.0 Å². The fourth-order valence-electron chi connectivity index (χ4n) is 3.11. The van der Waals surface area contributed by atoms with Crippen molar-refractivity contribution >= 4 is 45.4 Å². The minimum atomic E-state index is -2.17. The first kappa shape index (κ1) is 39.0. The van der Waals surface area contributed by atoms with Gasteiger partial charge in [0.15, 0.2) is 16.6 Å². The number of thiazole rings is 1. The summed E-state index contributed by atoms with van der Waals surface area (Å²) in [6, 6.07) is -0.505. The van der Waals surface area contributed by atoms with Crippen LogP contribution >= 0.6 is 11.3 Å². The molecule has 1 heterocycles. The van der Waals surface area contributed by atoms with Crippen molar-refractivity contribution in [2.24, 2.45) is 0 Å². The third-order valence-electron chi connectivity index (χ3n) is 7.94. The van der Waals surface area contributed by atoms with Gasteiger partial charge in [-0.3, -0.25) is 0 Å². The van der Waals surface area contributed by atoms with Crippen LogP contribution in [0.15, 0.2) is 31.5 Å². The van der Waals surface area contributed by atoms with Crippen LogP contribution in [0.1, 0.15) is 84.3 Å². The van der Waals surface area contributed by atoms with Crippen LogP contribution in [0, 0.1) is 0 Å². The van der Waals surface area contributed by atoms with Crippen LogP contribution in [0.25, 0.3) is 0 Å². The zero-order chi connectivity index (χ0) is 32.7. The molecule has 3 unspecified atom stereocenters. The molecule has 1 N–H and O–H groups in total. The third-order valence-corrected chi connectivity index (χ3v) is 19.7. The Morgan fingerprint density at radius 3 is 2.12 bits per heavy atom. The summed E-state index contributed by atoms with van der Waals surface area (Å²) in [5.41, 5.74) is 0. The number of aromatic nitrogens is 1. The van der Waals surface area contributed by atoms with Crippen LogP contribution in [0.2, 0.25) is 36.3 Å². The molecular weight excluding hydrogens is 603 g/mol. The maximum atomic E-state index is 13.2. The molecular formula is C30H57N3O5S2Si2. The van der Waals surface area contributed by atoms with Crippen LogP contribution in [0.3, 0.4) is 0 Å². The van der Waals surface area contributed by atoms with Crippen molar-refractivity contribution in [1.29, 1.82) is 0 Å². The Balaban J connectivity index is 3.51. The average Bonchev–Trinajstić information content (AvgIpc) is 3.32. The van der Waals surface area contributed by atoms with Crippen molar-refractivity contribution in [3.05, 3.63) is 41.4 Å². The van der Waals surface area contributed by atoms with Gasteiger partial charge in [0.1, 0.15) is 28.5 Å². The van der Waals surface area contributed by atoms with Crippen LogP contribution in [0.5, 0.6) is 0 Å². The molecule has 42 heavy (non-hydrogen) atoms. The van der Waals surface area contributed by atoms with Gasteiger partial charge >= 0.3 is 6.09 Å². The quantitative estimate of drug-likeness (QED) is 0.115. The molecule has 0 aromatic carbocycles. The number of amides is 1. The van der Waals surface area contributed by atoms with Crippen molar-refractivity contribution in [3.63, 3.8) is 0 Å². The molecule has 3 atom stereocenters. The van der Waals surface area contributed by atoms with E-state index in [0.717, 1.165) is 4.88 Å². The summed E-state index contributed by atoms with van der Waals surface area (Å²) >= 11 is 0.0958. The van der Waals surface area contributed by atoms with Gasteiger partial charge in [-0.25, -0.2) is 9.78 Å². The van der Waals surface area contributed by atoms with E-state index in [9.17, 15) is 9.35 Å². The Kier molecular flexibility index (Phi) is 14.2. The highest BCUT2D eigenvalue weighted by Crippen LogP contribution is 2.43. The van der Waals surface area contributed by atoms with Crippen LogP contribution in [-0.4, -0.2) is 68.2 Å². The fourth-order valence-corrected chi connectivity index (χ4v) is 7.31. The first-order valence-electron chi connectivity index (χ1n) is 14.6. The predicted molar refractivity (Wildman–Crippen MR) is 183 cm³/mol. The molecule has 1 aromatic rings. The van der Waals surface area contributed by atoms with E-state index in [1.54, 1.807) is 6.08 Å². The Hall–Kier alpha value is -0.996. The van der Waals surface area contributed by atoms with Crippen molar-refractivity contribution in [2.75, 3.05) is 26.3 Å². The molecule has 1 amide bonds. The second-order valence-electron chi connectivity index (χ2n) is 14.6. The lowest BCUT2D eigenvalue weighted by atomic mass is 10.2. The standard InChI is InChI=1S/C30H57N3O5S2Si2/c1-16-18-33(27(34)36-19-17-2)21-23(32-40(35)28(3,4)5)26-31-20-25(39-26)24(38-42(14,15)30(9,10)11)22-37-41(12,13)29(6,7)8/h16-17,20,23-24,32H,1-2,18-19,21-22H2,3-15H3. The largest absolute Gasteiger partial charge is 0.598 e. The van der Waals surface area contributed by atoms with Crippen molar-refractivity contribution in [2.45, 2.75) is 115 Å². The molecule has 0 fully saturated rings. The lowest BCUT2D eigenvalue weighted by Crippen LogP contribution is -2.46. The summed E-state index contributed by atoms with van der Waals surface area (Å²) in [5, 5.41) is 0.790. The number of hydrogen-bond acceptors (Lipinski definition) is 8. The normalized spacial score (nSPS) is 15.6. The zero-order valence-corrected chi connectivity index (χ0v) is 32.0. The Morgan fingerprint density at radius 2 is 1.64 bits per heavy atom. The smallest absolute Gasteiger partial charge is 0.410 e. The Labute approximate surface area is 265 Å². The topological polar surface area (TPSA) is 96.0 Å². The van der Waals surface area contributed by atoms with E-state index in [-0.39, 0.29) is 35.9 Å². The molecule has 0 saturated carbocycles. The molecule has 1 aromatic heterocycles. The summed E-state index contributed by atoms with van der Waals surface area (Å²) in [7, 11) is -4.21. The van der Waals surface area contributed by atoms with Crippen molar-refractivity contribution < 1.29 is 22.9 Å². The van der Waals surface area contributed by atoms with Gasteiger partial charge in [0.2, 0.25) is 0 Å². The molecule has 0 aliphatic rings. The van der Waals surface area contributed by atoms with Gasteiger partial charge in [-0.1, -0.05) is 60.3 Å². The highest BCUT2D eigenvalue weighted by Gasteiger charge is 2.42. The minimum absolute atomic E-state index is 0.0143. The average molecular weight is 660 g/mol. The number of rotatable bonds is 15. The Bertz CT molecular complexity index is 1030. The number of carbonyl (C=O) groups is 1. The molecule has 0 aliphatic heterocycles. The number of hydrogen-bond donors (Lipinski definition) is 1. The van der Waals surface area contributed by atoms with Gasteiger partial charge in [0.25, 0.3) is 0 Å². The molecule has 8 nitrogen and oxygen atoms in total. The molecule has 0 saturated heterocycles. The van der Waals surface area contributed by atoms with E-state index < -0.39 is 44.9 Å². The van der Waals surface area contributed by atoms with Gasteiger partial charge in [-0.15, -0.1) is 22.6 Å². The second-order valence-corrected chi connectivity index (χ2v) is 27.3. The van der Waals surface area contributed by atoms with Crippen LogP contribution in [0.4, 0.5) is 4.79 Å². The Morgan fingerprint density at radius 1 is 1.07 bits per heavy atom. The van der Waals surface area contributed by atoms with E-state index in [4.69, 9.17) is 18.6 Å². The first-order valence-corrected chi connectivity index (χ1v) is 22.3. The summed E-state index contributed by atoms with van der Waals surface area (Å²) in [5.74, 6) is 0. The van der Waals surface area contributed by atoms with Crippen LogP contribution < -0.4 is 4.72 Å². The van der Waals surface area contributed by atoms with Crippen molar-refractivity contribution in [3.8, 4) is 0 Å². The summed E-state index contributed by atoms with van der Waals surface area (Å²) in [4.78, 5) is 20.1. The van der Waals surface area contributed by atoms with E-state index in [0.29, 0.717) is 11.6 Å². The predicted octanol–water partition coefficient (Wildman–Crippen LogP) is 8.13. The highest BCUT2D eigenvalue weighted by atomic mass is 32.2. The molecule has 0 aliphatic carbocycles. The van der Waals surface area contributed by atoms with Gasteiger partial charge in [-0.05, 0) is 57.0 Å². The van der Waals surface area contributed by atoms with Crippen molar-refractivity contribution in [1.82, 2.24) is 14.6 Å². The molecule has 12 heteroatoms. The monoisotopic (exact) mass is 659 g/mol. The minimum Gasteiger partial charge on any atom is -0.598 e. The first-order chi connectivity index (χ1) is 19.0. The number of ether oxygens (including phenoxy) is 1. The number of carbonyl (C=O) groups excluding carboxylic acids is 1. The third kappa shape index (κ3) is 11.5. The summed E-state index contributed by atoms with van der Waals surface area (Å²) < 4.78 is 34.9. The van der Waals surface area contributed by atoms with Gasteiger partial charge in [0.05, 0.1) is 18.0 Å². The second kappa shape index (κ2) is 15.3. The van der Waals surface area contributed by atoms with Gasteiger partial charge in [-0.2, -0.15) is 0 Å². The number of nitrogens with one attached hydrogen (secondary N) is 1. The van der Waals surface area contributed by atoms with Crippen LogP contribution in [-0.2, 0) is 25.0 Å². The van der Waals surface area contributed by atoms with E-state index >= 15 is 0 Å². The van der Waals surface area contributed by atoms with Gasteiger partial charge in [0, 0.05) is 24.1 Å². The van der Waals surface area contributed by atoms with E-state index in [2.05, 4.69) is 85.6 Å². The van der Waals surface area contributed by atoms with Gasteiger partial charge < -0.3 is 23.0 Å². The molecule has 0 spiro atoms.